The van der Waals surface area contributed by atoms with Crippen LogP contribution in [0.5, 0.6) is 5.75 Å². The van der Waals surface area contributed by atoms with E-state index in [0.717, 1.165) is 9.87 Å². The molecule has 0 aliphatic carbocycles. The van der Waals surface area contributed by atoms with Crippen LogP contribution < -0.4 is 14.4 Å². The number of hydrogen-bond acceptors (Lipinski definition) is 4. The number of methoxy groups -OCH3 is 1. The van der Waals surface area contributed by atoms with Crippen molar-refractivity contribution in [3.63, 3.8) is 0 Å². The molecule has 0 aliphatic rings. The largest absolute Gasteiger partial charge is 0.495 e. The van der Waals surface area contributed by atoms with Gasteiger partial charge in [0, 0.05) is 23.3 Å². The minimum absolute atomic E-state index is 0.000489. The molecule has 1 amide bonds. The van der Waals surface area contributed by atoms with Gasteiger partial charge in [0.15, 0.2) is 0 Å². The van der Waals surface area contributed by atoms with E-state index in [1.165, 1.54) is 26.3 Å². The lowest BCUT2D eigenvalue weighted by Gasteiger charge is -2.22. The molecule has 0 saturated carbocycles. The summed E-state index contributed by atoms with van der Waals surface area (Å²) < 4.78 is 33.0. The molecular weight excluding hydrogens is 436 g/mol. The van der Waals surface area contributed by atoms with Crippen molar-refractivity contribution in [3.8, 4) is 5.75 Å². The van der Waals surface area contributed by atoms with E-state index >= 15 is 0 Å². The molecule has 0 aliphatic heterocycles. The predicted octanol–water partition coefficient (Wildman–Crippen LogP) is 5.04. The van der Waals surface area contributed by atoms with Gasteiger partial charge in [-0.1, -0.05) is 35.9 Å². The predicted molar refractivity (Wildman–Crippen MR) is 124 cm³/mol. The van der Waals surface area contributed by atoms with Gasteiger partial charge < -0.3 is 10.1 Å². The Labute approximate surface area is 187 Å². The Morgan fingerprint density at radius 1 is 1.00 bits per heavy atom. The van der Waals surface area contributed by atoms with Crippen molar-refractivity contribution in [3.05, 3.63) is 82.4 Å². The van der Waals surface area contributed by atoms with E-state index < -0.39 is 15.9 Å². The van der Waals surface area contributed by atoms with Crippen molar-refractivity contribution >= 4 is 38.9 Å². The summed E-state index contributed by atoms with van der Waals surface area (Å²) in [5, 5.41) is 3.31. The number of ether oxygens (including phenoxy) is 1. The molecule has 1 N–H and O–H groups in total. The van der Waals surface area contributed by atoms with Crippen LogP contribution in [0, 0.1) is 13.8 Å². The maximum atomic E-state index is 13.3. The SMILES string of the molecule is COc1ccccc1N(C)S(=O)(=O)c1ccc(C)c(C(=O)Nc2cc(Cl)ccc2C)c1. The van der Waals surface area contributed by atoms with Gasteiger partial charge in [-0.15, -0.1) is 0 Å². The van der Waals surface area contributed by atoms with Crippen molar-refractivity contribution in [2.75, 3.05) is 23.8 Å². The molecule has 0 spiro atoms. The first-order chi connectivity index (χ1) is 14.6. The Kier molecular flexibility index (Phi) is 6.57. The number of para-hydroxylation sites is 2. The second kappa shape index (κ2) is 8.99. The van der Waals surface area contributed by atoms with Crippen LogP contribution in [-0.2, 0) is 10.0 Å². The van der Waals surface area contributed by atoms with Gasteiger partial charge in [0.05, 0.1) is 17.7 Å². The van der Waals surface area contributed by atoms with Crippen LogP contribution in [0.2, 0.25) is 5.02 Å². The first-order valence-corrected chi connectivity index (χ1v) is 11.3. The normalized spacial score (nSPS) is 11.1. The van der Waals surface area contributed by atoms with Gasteiger partial charge in [-0.25, -0.2) is 8.42 Å². The average molecular weight is 459 g/mol. The Morgan fingerprint density at radius 3 is 2.39 bits per heavy atom. The fourth-order valence-corrected chi connectivity index (χ4v) is 4.51. The molecule has 6 nitrogen and oxygen atoms in total. The quantitative estimate of drug-likeness (QED) is 0.561. The molecular formula is C23H23ClN2O4S. The lowest BCUT2D eigenvalue weighted by molar-refractivity contribution is 0.102. The zero-order chi connectivity index (χ0) is 22.8. The third-order valence-corrected chi connectivity index (χ3v) is 6.99. The molecule has 3 aromatic rings. The standard InChI is InChI=1S/C23H23ClN2O4S/c1-15-10-12-18(31(28,29)26(3)21-7-5-6-8-22(21)30-4)14-19(15)23(27)25-20-13-17(24)11-9-16(20)2/h5-14H,1-4H3,(H,25,27). The summed E-state index contributed by atoms with van der Waals surface area (Å²) in [7, 11) is -1.01. The van der Waals surface area contributed by atoms with Crippen molar-refractivity contribution in [2.45, 2.75) is 18.7 Å². The topological polar surface area (TPSA) is 75.7 Å². The van der Waals surface area contributed by atoms with Crippen molar-refractivity contribution in [1.82, 2.24) is 0 Å². The number of nitrogens with one attached hydrogen (secondary N) is 1. The van der Waals surface area contributed by atoms with E-state index in [1.54, 1.807) is 55.5 Å². The van der Waals surface area contributed by atoms with Crippen LogP contribution in [0.4, 0.5) is 11.4 Å². The van der Waals surface area contributed by atoms with Gasteiger partial charge in [0.2, 0.25) is 0 Å². The second-order valence-corrected chi connectivity index (χ2v) is 9.44. The van der Waals surface area contributed by atoms with Crippen molar-refractivity contribution in [2.24, 2.45) is 0 Å². The fourth-order valence-electron chi connectivity index (χ4n) is 3.10. The van der Waals surface area contributed by atoms with Gasteiger partial charge in [-0.3, -0.25) is 9.10 Å². The summed E-state index contributed by atoms with van der Waals surface area (Å²) in [6.45, 7) is 3.60. The van der Waals surface area contributed by atoms with Gasteiger partial charge in [0.25, 0.3) is 15.9 Å². The Hall–Kier alpha value is -3.03. The number of carbonyl (C=O) groups excluding carboxylic acids is 1. The number of rotatable bonds is 6. The molecule has 0 radical (unpaired) electrons. The van der Waals surface area contributed by atoms with Crippen molar-refractivity contribution in [1.29, 1.82) is 0 Å². The molecule has 3 rings (SSSR count). The van der Waals surface area contributed by atoms with Gasteiger partial charge in [-0.2, -0.15) is 0 Å². The van der Waals surface area contributed by atoms with Crippen LogP contribution in [0.3, 0.4) is 0 Å². The number of aryl methyl sites for hydroxylation is 2. The van der Waals surface area contributed by atoms with Crippen LogP contribution >= 0.6 is 11.6 Å². The molecule has 0 unspecified atom stereocenters. The highest BCUT2D eigenvalue weighted by Crippen LogP contribution is 2.31. The Balaban J connectivity index is 1.98. The van der Waals surface area contributed by atoms with Crippen LogP contribution in [0.15, 0.2) is 65.6 Å². The van der Waals surface area contributed by atoms with Gasteiger partial charge in [0.1, 0.15) is 5.75 Å². The lowest BCUT2D eigenvalue weighted by Crippen LogP contribution is -2.27. The first-order valence-electron chi connectivity index (χ1n) is 9.45. The van der Waals surface area contributed by atoms with Crippen LogP contribution in [0.25, 0.3) is 0 Å². The number of amides is 1. The zero-order valence-corrected chi connectivity index (χ0v) is 19.2. The van der Waals surface area contributed by atoms with Crippen LogP contribution in [-0.4, -0.2) is 28.5 Å². The highest BCUT2D eigenvalue weighted by molar-refractivity contribution is 7.92. The average Bonchev–Trinajstić information content (AvgIpc) is 2.75. The Bertz CT molecular complexity index is 1240. The maximum absolute atomic E-state index is 13.3. The van der Waals surface area contributed by atoms with E-state index in [-0.39, 0.29) is 10.5 Å². The summed E-state index contributed by atoms with van der Waals surface area (Å²) in [5.74, 6) is 0.00921. The summed E-state index contributed by atoms with van der Waals surface area (Å²) in [6.07, 6.45) is 0. The smallest absolute Gasteiger partial charge is 0.264 e. The molecule has 3 aromatic carbocycles. The molecule has 0 saturated heterocycles. The molecule has 8 heteroatoms. The van der Waals surface area contributed by atoms with E-state index in [9.17, 15) is 13.2 Å². The number of hydrogen-bond donors (Lipinski definition) is 1. The summed E-state index contributed by atoms with van der Waals surface area (Å²) in [5.41, 5.74) is 2.71. The fraction of sp³-hybridized carbons (Fsp3) is 0.174. The van der Waals surface area contributed by atoms with Crippen molar-refractivity contribution < 1.29 is 17.9 Å². The lowest BCUT2D eigenvalue weighted by atomic mass is 10.1. The number of sulfonamides is 1. The van der Waals surface area contributed by atoms with Crippen LogP contribution in [0.1, 0.15) is 21.5 Å². The van der Waals surface area contributed by atoms with Gasteiger partial charge in [-0.05, 0) is 61.4 Å². The summed E-state index contributed by atoms with van der Waals surface area (Å²) in [6, 6.07) is 16.5. The molecule has 0 bridgehead atoms. The number of anilines is 2. The Morgan fingerprint density at radius 2 is 1.68 bits per heavy atom. The summed E-state index contributed by atoms with van der Waals surface area (Å²) >= 11 is 6.03. The minimum Gasteiger partial charge on any atom is -0.495 e. The van der Waals surface area contributed by atoms with Gasteiger partial charge >= 0.3 is 0 Å². The molecule has 0 heterocycles. The van der Waals surface area contributed by atoms with E-state index in [4.69, 9.17) is 16.3 Å². The number of benzene rings is 3. The molecule has 0 fully saturated rings. The monoisotopic (exact) mass is 458 g/mol. The highest BCUT2D eigenvalue weighted by atomic mass is 35.5. The second-order valence-electron chi connectivity index (χ2n) is 7.03. The third-order valence-electron chi connectivity index (χ3n) is 4.98. The molecule has 31 heavy (non-hydrogen) atoms. The minimum atomic E-state index is -3.93. The number of nitrogens with zero attached hydrogens (tertiary/aromatic N) is 1. The highest BCUT2D eigenvalue weighted by Gasteiger charge is 2.25. The first kappa shape index (κ1) is 22.7. The van der Waals surface area contributed by atoms with E-state index in [2.05, 4.69) is 5.32 Å². The number of carbonyl (C=O) groups is 1. The maximum Gasteiger partial charge on any atom is 0.264 e. The molecule has 162 valence electrons. The zero-order valence-electron chi connectivity index (χ0n) is 17.6. The third kappa shape index (κ3) is 4.68. The van der Waals surface area contributed by atoms with E-state index in [0.29, 0.717) is 27.7 Å². The summed E-state index contributed by atoms with van der Waals surface area (Å²) in [4.78, 5) is 12.9. The number of halogens is 1. The molecule has 0 atom stereocenters. The van der Waals surface area contributed by atoms with E-state index in [1.807, 2.05) is 6.92 Å². The molecule has 0 aromatic heterocycles.